The molecule has 1 fully saturated rings. The van der Waals surface area contributed by atoms with Crippen LogP contribution in [0.3, 0.4) is 0 Å². The summed E-state index contributed by atoms with van der Waals surface area (Å²) in [6, 6.07) is 7.74. The number of carboxylic acids is 1. The van der Waals surface area contributed by atoms with Crippen LogP contribution in [0.25, 0.3) is 11.4 Å². The molecule has 1 aromatic carbocycles. The van der Waals surface area contributed by atoms with Crippen molar-refractivity contribution in [1.29, 1.82) is 0 Å². The Hall–Kier alpha value is -3.72. The number of aromatic carboxylic acids is 1. The van der Waals surface area contributed by atoms with E-state index >= 15 is 0 Å². The van der Waals surface area contributed by atoms with Gasteiger partial charge in [0.25, 0.3) is 5.91 Å². The van der Waals surface area contributed by atoms with Crippen molar-refractivity contribution in [3.8, 4) is 11.4 Å². The Morgan fingerprint density at radius 3 is 2.40 bits per heavy atom. The molecular weight excluding hydrogens is 444 g/mol. The molecule has 3 aromatic rings. The summed E-state index contributed by atoms with van der Waals surface area (Å²) >= 11 is 0. The zero-order valence-electron chi connectivity index (χ0n) is 20.9. The second kappa shape index (κ2) is 9.87. The smallest absolute Gasteiger partial charge is 0.337 e. The molecular formula is C26H32N6O3. The normalized spacial score (nSPS) is 14.4. The van der Waals surface area contributed by atoms with Crippen molar-refractivity contribution in [3.05, 3.63) is 58.9 Å². The number of nitrogens with zero attached hydrogens (tertiary/aromatic N) is 5. The third kappa shape index (κ3) is 5.19. The highest BCUT2D eigenvalue weighted by Gasteiger charge is 2.25. The largest absolute Gasteiger partial charge is 0.478 e. The number of carbonyl (C=O) groups is 2. The van der Waals surface area contributed by atoms with Gasteiger partial charge in [-0.25, -0.2) is 14.8 Å². The first-order chi connectivity index (χ1) is 16.6. The molecule has 1 saturated heterocycles. The lowest BCUT2D eigenvalue weighted by Crippen LogP contribution is -2.44. The number of carboxylic acid groups (broad SMARTS) is 1. The maximum atomic E-state index is 13.0. The van der Waals surface area contributed by atoms with Gasteiger partial charge in [0, 0.05) is 49.8 Å². The maximum Gasteiger partial charge on any atom is 0.337 e. The van der Waals surface area contributed by atoms with E-state index in [0.717, 1.165) is 42.7 Å². The average molecular weight is 477 g/mol. The Morgan fingerprint density at radius 1 is 1.09 bits per heavy atom. The minimum absolute atomic E-state index is 0.0590. The number of carbonyl (C=O) groups excluding carboxylic acids is 1. The first kappa shape index (κ1) is 24.4. The molecule has 2 N–H and O–H groups in total. The number of aromatic nitrogens is 3. The Kier molecular flexibility index (Phi) is 6.88. The summed E-state index contributed by atoms with van der Waals surface area (Å²) in [5, 5.41) is 12.6. The quantitative estimate of drug-likeness (QED) is 0.559. The number of likely N-dealkylation sites (tertiary alicyclic amines) is 1. The van der Waals surface area contributed by atoms with Gasteiger partial charge in [-0.3, -0.25) is 4.79 Å². The minimum Gasteiger partial charge on any atom is -0.478 e. The van der Waals surface area contributed by atoms with E-state index in [9.17, 15) is 14.7 Å². The molecule has 1 aliphatic rings. The number of piperidine rings is 1. The number of hydrogen-bond acceptors (Lipinski definition) is 6. The summed E-state index contributed by atoms with van der Waals surface area (Å²) in [5.74, 6) is -0.524. The monoisotopic (exact) mass is 476 g/mol. The molecule has 0 atom stereocenters. The van der Waals surface area contributed by atoms with E-state index in [0.29, 0.717) is 28.9 Å². The van der Waals surface area contributed by atoms with Gasteiger partial charge >= 0.3 is 5.97 Å². The standard InChI is InChI=1S/C26H32N6O3/c1-16-12-18(24(33)32-10-8-20(9-11-32)30(3)4)6-7-21(16)28-26-27-14-17(2)23(29-26)22-13-19(25(34)35)15-31(22)5/h6-7,12-15,20H,8-11H2,1-5H3,(H,34,35)(H,27,28,29). The molecule has 3 heterocycles. The summed E-state index contributed by atoms with van der Waals surface area (Å²) in [6.07, 6.45) is 5.25. The Morgan fingerprint density at radius 2 is 1.80 bits per heavy atom. The van der Waals surface area contributed by atoms with Crippen LogP contribution in [-0.2, 0) is 7.05 Å². The number of nitrogens with one attached hydrogen (secondary N) is 1. The van der Waals surface area contributed by atoms with Gasteiger partial charge in [-0.05, 0) is 76.2 Å². The first-order valence-corrected chi connectivity index (χ1v) is 11.7. The van der Waals surface area contributed by atoms with Gasteiger partial charge < -0.3 is 24.8 Å². The van der Waals surface area contributed by atoms with Crippen LogP contribution < -0.4 is 5.32 Å². The van der Waals surface area contributed by atoms with Crippen molar-refractivity contribution in [1.82, 2.24) is 24.3 Å². The molecule has 0 bridgehead atoms. The molecule has 184 valence electrons. The number of anilines is 2. The van der Waals surface area contributed by atoms with Crippen LogP contribution in [0, 0.1) is 13.8 Å². The van der Waals surface area contributed by atoms with Gasteiger partial charge in [-0.1, -0.05) is 0 Å². The van der Waals surface area contributed by atoms with Crippen molar-refractivity contribution < 1.29 is 14.7 Å². The summed E-state index contributed by atoms with van der Waals surface area (Å²) in [5.41, 5.74) is 4.79. The van der Waals surface area contributed by atoms with Crippen LogP contribution in [0.1, 0.15) is 44.7 Å². The van der Waals surface area contributed by atoms with Gasteiger partial charge in [0.05, 0.1) is 17.0 Å². The lowest BCUT2D eigenvalue weighted by atomic mass is 10.0. The molecule has 0 saturated carbocycles. The van der Waals surface area contributed by atoms with Gasteiger partial charge in [0.15, 0.2) is 0 Å². The lowest BCUT2D eigenvalue weighted by molar-refractivity contribution is 0.0661. The van der Waals surface area contributed by atoms with Crippen LogP contribution in [0.4, 0.5) is 11.6 Å². The van der Waals surface area contributed by atoms with Crippen LogP contribution in [-0.4, -0.2) is 74.5 Å². The highest BCUT2D eigenvalue weighted by atomic mass is 16.4. The summed E-state index contributed by atoms with van der Waals surface area (Å²) < 4.78 is 1.75. The molecule has 0 spiro atoms. The van der Waals surface area contributed by atoms with E-state index in [4.69, 9.17) is 0 Å². The van der Waals surface area contributed by atoms with E-state index < -0.39 is 5.97 Å². The van der Waals surface area contributed by atoms with E-state index in [-0.39, 0.29) is 11.5 Å². The fourth-order valence-electron chi connectivity index (χ4n) is 4.50. The minimum atomic E-state index is -0.982. The Bertz CT molecular complexity index is 1260. The molecule has 4 rings (SSSR count). The predicted octanol–water partition coefficient (Wildman–Crippen LogP) is 3.71. The second-order valence-corrected chi connectivity index (χ2v) is 9.40. The van der Waals surface area contributed by atoms with Gasteiger partial charge in [-0.2, -0.15) is 0 Å². The summed E-state index contributed by atoms with van der Waals surface area (Å²) in [4.78, 5) is 37.6. The van der Waals surface area contributed by atoms with E-state index in [1.807, 2.05) is 36.9 Å². The number of rotatable bonds is 6. The SMILES string of the molecule is Cc1cc(C(=O)N2CCC(N(C)C)CC2)ccc1Nc1ncc(C)c(-c2cc(C(=O)O)cn2C)n1. The number of aryl methyl sites for hydroxylation is 3. The van der Waals surface area contributed by atoms with Crippen molar-refractivity contribution >= 4 is 23.5 Å². The molecule has 35 heavy (non-hydrogen) atoms. The second-order valence-electron chi connectivity index (χ2n) is 9.40. The maximum absolute atomic E-state index is 13.0. The van der Waals surface area contributed by atoms with Crippen molar-refractivity contribution in [2.75, 3.05) is 32.5 Å². The topological polar surface area (TPSA) is 104 Å². The Labute approximate surface area is 205 Å². The van der Waals surface area contributed by atoms with Gasteiger partial charge in [0.1, 0.15) is 0 Å². The third-order valence-electron chi connectivity index (χ3n) is 6.67. The molecule has 1 aliphatic heterocycles. The molecule has 1 amide bonds. The van der Waals surface area contributed by atoms with Crippen LogP contribution in [0.5, 0.6) is 0 Å². The highest BCUT2D eigenvalue weighted by Crippen LogP contribution is 2.26. The van der Waals surface area contributed by atoms with Gasteiger partial charge in [-0.15, -0.1) is 0 Å². The molecule has 0 unspecified atom stereocenters. The van der Waals surface area contributed by atoms with Crippen LogP contribution in [0.15, 0.2) is 36.7 Å². The van der Waals surface area contributed by atoms with E-state index in [1.165, 1.54) is 0 Å². The van der Waals surface area contributed by atoms with Crippen molar-refractivity contribution in [2.45, 2.75) is 32.7 Å². The lowest BCUT2D eigenvalue weighted by Gasteiger charge is -2.35. The van der Waals surface area contributed by atoms with Gasteiger partial charge in [0.2, 0.25) is 5.95 Å². The van der Waals surface area contributed by atoms with E-state index in [1.54, 1.807) is 30.1 Å². The summed E-state index contributed by atoms with van der Waals surface area (Å²) in [7, 11) is 5.97. The molecule has 0 radical (unpaired) electrons. The molecule has 0 aliphatic carbocycles. The fourth-order valence-corrected chi connectivity index (χ4v) is 4.50. The molecule has 9 nitrogen and oxygen atoms in total. The zero-order valence-corrected chi connectivity index (χ0v) is 20.9. The predicted molar refractivity (Wildman–Crippen MR) is 135 cm³/mol. The molecule has 2 aromatic heterocycles. The highest BCUT2D eigenvalue weighted by molar-refractivity contribution is 5.95. The van der Waals surface area contributed by atoms with Crippen LogP contribution >= 0.6 is 0 Å². The first-order valence-electron chi connectivity index (χ1n) is 11.7. The average Bonchev–Trinajstić information content (AvgIpc) is 3.23. The number of amides is 1. The molecule has 9 heteroatoms. The summed E-state index contributed by atoms with van der Waals surface area (Å²) in [6.45, 7) is 5.37. The number of benzene rings is 1. The van der Waals surface area contributed by atoms with Crippen molar-refractivity contribution in [3.63, 3.8) is 0 Å². The third-order valence-corrected chi connectivity index (χ3v) is 6.67. The zero-order chi connectivity index (χ0) is 25.3. The number of hydrogen-bond donors (Lipinski definition) is 2. The van der Waals surface area contributed by atoms with Crippen LogP contribution in [0.2, 0.25) is 0 Å². The van der Waals surface area contributed by atoms with Crippen molar-refractivity contribution in [2.24, 2.45) is 7.05 Å². The Balaban J connectivity index is 1.51. The van der Waals surface area contributed by atoms with E-state index in [2.05, 4.69) is 34.3 Å². The fraction of sp³-hybridized carbons (Fsp3) is 0.385.